The van der Waals surface area contributed by atoms with E-state index in [1.165, 1.54) is 11.3 Å². The molecule has 1 atom stereocenters. The lowest BCUT2D eigenvalue weighted by Crippen LogP contribution is -2.11. The number of nitrogens with two attached hydrogens (primary N) is 1. The van der Waals surface area contributed by atoms with Gasteiger partial charge in [-0.3, -0.25) is 0 Å². The van der Waals surface area contributed by atoms with Gasteiger partial charge in [-0.25, -0.2) is 0 Å². The SMILES string of the molecule is CCOc1ccc(C(N)c2cc(Cl)sc2Cl)cc1. The average Bonchev–Trinajstić information content (AvgIpc) is 2.69. The van der Waals surface area contributed by atoms with Crippen molar-refractivity contribution >= 4 is 34.5 Å². The molecule has 2 aromatic rings. The highest BCUT2D eigenvalue weighted by Gasteiger charge is 2.15. The van der Waals surface area contributed by atoms with E-state index in [2.05, 4.69) is 0 Å². The third-order valence-corrected chi connectivity index (χ3v) is 4.09. The molecule has 0 saturated heterocycles. The van der Waals surface area contributed by atoms with E-state index in [9.17, 15) is 0 Å². The zero-order valence-corrected chi connectivity index (χ0v) is 12.1. The van der Waals surface area contributed by atoms with Gasteiger partial charge in [-0.05, 0) is 30.7 Å². The van der Waals surface area contributed by atoms with Crippen LogP contribution in [-0.2, 0) is 0 Å². The Labute approximate surface area is 120 Å². The molecule has 1 unspecified atom stereocenters. The molecule has 2 N–H and O–H groups in total. The molecular weight excluding hydrogens is 289 g/mol. The van der Waals surface area contributed by atoms with Gasteiger partial charge in [0.15, 0.2) is 0 Å². The number of halogens is 2. The molecule has 0 aliphatic heterocycles. The predicted octanol–water partition coefficient (Wildman–Crippen LogP) is 4.50. The first kappa shape index (κ1) is 13.7. The highest BCUT2D eigenvalue weighted by molar-refractivity contribution is 7.20. The number of hydrogen-bond acceptors (Lipinski definition) is 3. The second kappa shape index (κ2) is 5.93. The van der Waals surface area contributed by atoms with Crippen LogP contribution in [-0.4, -0.2) is 6.61 Å². The molecule has 0 aliphatic rings. The maximum atomic E-state index is 6.18. The van der Waals surface area contributed by atoms with Crippen LogP contribution in [0, 0.1) is 0 Å². The van der Waals surface area contributed by atoms with Gasteiger partial charge in [0.1, 0.15) is 5.75 Å². The Hall–Kier alpha value is -0.740. The predicted molar refractivity (Wildman–Crippen MR) is 78.0 cm³/mol. The van der Waals surface area contributed by atoms with Crippen molar-refractivity contribution in [1.29, 1.82) is 0 Å². The van der Waals surface area contributed by atoms with Crippen LogP contribution in [0.1, 0.15) is 24.1 Å². The first-order chi connectivity index (χ1) is 8.61. The van der Waals surface area contributed by atoms with Crippen LogP contribution >= 0.6 is 34.5 Å². The third-order valence-electron chi connectivity index (χ3n) is 2.57. The van der Waals surface area contributed by atoms with Crippen molar-refractivity contribution in [3.05, 3.63) is 50.1 Å². The Morgan fingerprint density at radius 2 is 1.94 bits per heavy atom. The molecule has 0 bridgehead atoms. The zero-order chi connectivity index (χ0) is 13.1. The van der Waals surface area contributed by atoms with Crippen LogP contribution < -0.4 is 10.5 Å². The maximum absolute atomic E-state index is 6.18. The first-order valence-electron chi connectivity index (χ1n) is 5.55. The third kappa shape index (κ3) is 2.98. The molecule has 5 heteroatoms. The van der Waals surface area contributed by atoms with Gasteiger partial charge in [-0.1, -0.05) is 35.3 Å². The van der Waals surface area contributed by atoms with E-state index in [0.29, 0.717) is 15.3 Å². The standard InChI is InChI=1S/C13H13Cl2NOS/c1-2-17-9-5-3-8(4-6-9)12(16)10-7-11(14)18-13(10)15/h3-7,12H,2,16H2,1H3. The molecule has 2 rings (SSSR count). The van der Waals surface area contributed by atoms with Crippen molar-refractivity contribution in [2.24, 2.45) is 5.73 Å². The average molecular weight is 302 g/mol. The Morgan fingerprint density at radius 1 is 1.28 bits per heavy atom. The van der Waals surface area contributed by atoms with Gasteiger partial charge in [-0.2, -0.15) is 0 Å². The number of thiophene rings is 1. The molecule has 2 nitrogen and oxygen atoms in total. The fraction of sp³-hybridized carbons (Fsp3) is 0.231. The topological polar surface area (TPSA) is 35.2 Å². The number of benzene rings is 1. The highest BCUT2D eigenvalue weighted by Crippen LogP contribution is 2.36. The van der Waals surface area contributed by atoms with Gasteiger partial charge in [0, 0.05) is 5.56 Å². The first-order valence-corrected chi connectivity index (χ1v) is 7.12. The summed E-state index contributed by atoms with van der Waals surface area (Å²) in [4.78, 5) is 0. The van der Waals surface area contributed by atoms with Gasteiger partial charge in [-0.15, -0.1) is 11.3 Å². The van der Waals surface area contributed by atoms with Gasteiger partial charge < -0.3 is 10.5 Å². The molecule has 0 radical (unpaired) electrons. The Kier molecular flexibility index (Phi) is 4.51. The second-order valence-corrected chi connectivity index (χ2v) is 6.04. The highest BCUT2D eigenvalue weighted by atomic mass is 35.5. The summed E-state index contributed by atoms with van der Waals surface area (Å²) >= 11 is 13.4. The zero-order valence-electron chi connectivity index (χ0n) is 9.82. The molecule has 1 heterocycles. The molecule has 1 aromatic heterocycles. The fourth-order valence-corrected chi connectivity index (χ4v) is 3.23. The molecule has 18 heavy (non-hydrogen) atoms. The number of hydrogen-bond donors (Lipinski definition) is 1. The van der Waals surface area contributed by atoms with Crippen molar-refractivity contribution in [3.8, 4) is 5.75 Å². The van der Waals surface area contributed by atoms with E-state index < -0.39 is 0 Å². The summed E-state index contributed by atoms with van der Waals surface area (Å²) in [6.45, 7) is 2.60. The number of ether oxygens (including phenoxy) is 1. The molecule has 0 amide bonds. The van der Waals surface area contributed by atoms with Crippen molar-refractivity contribution in [1.82, 2.24) is 0 Å². The lowest BCUT2D eigenvalue weighted by atomic mass is 10.0. The van der Waals surface area contributed by atoms with Crippen molar-refractivity contribution in [2.45, 2.75) is 13.0 Å². The quantitative estimate of drug-likeness (QED) is 0.902. The van der Waals surface area contributed by atoms with E-state index >= 15 is 0 Å². The molecule has 96 valence electrons. The smallest absolute Gasteiger partial charge is 0.119 e. The molecular formula is C13H13Cl2NOS. The summed E-state index contributed by atoms with van der Waals surface area (Å²) in [5, 5.41) is 0. The number of rotatable bonds is 4. The summed E-state index contributed by atoms with van der Waals surface area (Å²) in [6, 6.07) is 9.24. The van der Waals surface area contributed by atoms with E-state index in [-0.39, 0.29) is 6.04 Å². The van der Waals surface area contributed by atoms with Crippen LogP contribution in [0.5, 0.6) is 5.75 Å². The minimum absolute atomic E-state index is 0.267. The van der Waals surface area contributed by atoms with Crippen molar-refractivity contribution < 1.29 is 4.74 Å². The van der Waals surface area contributed by atoms with Gasteiger partial charge >= 0.3 is 0 Å². The Balaban J connectivity index is 2.23. The van der Waals surface area contributed by atoms with Crippen LogP contribution in [0.3, 0.4) is 0 Å². The van der Waals surface area contributed by atoms with Crippen LogP contribution in [0.25, 0.3) is 0 Å². The normalized spacial score (nSPS) is 12.4. The van der Waals surface area contributed by atoms with Gasteiger partial charge in [0.25, 0.3) is 0 Å². The monoisotopic (exact) mass is 301 g/mol. The van der Waals surface area contributed by atoms with E-state index in [0.717, 1.165) is 16.9 Å². The van der Waals surface area contributed by atoms with Crippen LogP contribution in [0.2, 0.25) is 8.67 Å². The second-order valence-electron chi connectivity index (χ2n) is 3.76. The lowest BCUT2D eigenvalue weighted by molar-refractivity contribution is 0.340. The van der Waals surface area contributed by atoms with Crippen LogP contribution in [0.15, 0.2) is 30.3 Å². The minimum atomic E-state index is -0.267. The van der Waals surface area contributed by atoms with Gasteiger partial charge in [0.05, 0.1) is 21.3 Å². The van der Waals surface area contributed by atoms with E-state index in [1.54, 1.807) is 0 Å². The van der Waals surface area contributed by atoms with Gasteiger partial charge in [0.2, 0.25) is 0 Å². The molecule has 1 aromatic carbocycles. The molecule has 0 fully saturated rings. The lowest BCUT2D eigenvalue weighted by Gasteiger charge is -2.12. The van der Waals surface area contributed by atoms with E-state index in [4.69, 9.17) is 33.7 Å². The largest absolute Gasteiger partial charge is 0.494 e. The summed E-state index contributed by atoms with van der Waals surface area (Å²) in [6.07, 6.45) is 0. The summed E-state index contributed by atoms with van der Waals surface area (Å²) in [5.41, 5.74) is 8.02. The summed E-state index contributed by atoms with van der Waals surface area (Å²) < 4.78 is 6.68. The van der Waals surface area contributed by atoms with E-state index in [1.807, 2.05) is 37.3 Å². The molecule has 0 saturated carbocycles. The Morgan fingerprint density at radius 3 is 2.44 bits per heavy atom. The van der Waals surface area contributed by atoms with Crippen molar-refractivity contribution in [3.63, 3.8) is 0 Å². The molecule has 0 aliphatic carbocycles. The summed E-state index contributed by atoms with van der Waals surface area (Å²) in [5.74, 6) is 0.836. The Bertz CT molecular complexity index is 524. The fourth-order valence-electron chi connectivity index (χ4n) is 1.68. The van der Waals surface area contributed by atoms with Crippen molar-refractivity contribution in [2.75, 3.05) is 6.61 Å². The maximum Gasteiger partial charge on any atom is 0.119 e. The van der Waals surface area contributed by atoms with Crippen LogP contribution in [0.4, 0.5) is 0 Å². The molecule has 0 spiro atoms. The summed E-state index contributed by atoms with van der Waals surface area (Å²) in [7, 11) is 0. The minimum Gasteiger partial charge on any atom is -0.494 e.